The van der Waals surface area contributed by atoms with Crippen molar-refractivity contribution in [2.24, 2.45) is 0 Å². The van der Waals surface area contributed by atoms with Crippen molar-refractivity contribution in [3.05, 3.63) is 56.8 Å². The van der Waals surface area contributed by atoms with E-state index in [9.17, 15) is 9.59 Å². The molecule has 0 aliphatic rings. The zero-order chi connectivity index (χ0) is 18.8. The number of hydrogen-bond acceptors (Lipinski definition) is 6. The molecule has 0 radical (unpaired) electrons. The van der Waals surface area contributed by atoms with Crippen molar-refractivity contribution >= 4 is 0 Å². The molecule has 0 saturated heterocycles. The Balaban J connectivity index is 2.22. The van der Waals surface area contributed by atoms with Gasteiger partial charge in [-0.2, -0.15) is 0 Å². The Hall–Kier alpha value is -3.28. The quantitative estimate of drug-likeness (QED) is 0.634. The lowest BCUT2D eigenvalue weighted by Crippen LogP contribution is -2.35. The minimum atomic E-state index is -0.554. The molecule has 0 N–H and O–H groups in total. The van der Waals surface area contributed by atoms with Crippen molar-refractivity contribution in [1.29, 1.82) is 0 Å². The molecule has 0 atom stereocenters. The summed E-state index contributed by atoms with van der Waals surface area (Å²) in [5.74, 6) is 1.84. The van der Waals surface area contributed by atoms with Gasteiger partial charge >= 0.3 is 0 Å². The van der Waals surface area contributed by atoms with E-state index < -0.39 is 10.9 Å². The summed E-state index contributed by atoms with van der Waals surface area (Å²) in [5, 5.41) is 0. The normalized spacial score (nSPS) is 10.6. The molecule has 3 rings (SSSR count). The highest BCUT2D eigenvalue weighted by Crippen LogP contribution is 2.45. The van der Waals surface area contributed by atoms with Gasteiger partial charge in [-0.3, -0.25) is 9.59 Å². The summed E-state index contributed by atoms with van der Waals surface area (Å²) in [7, 11) is 6.03. The van der Waals surface area contributed by atoms with Crippen molar-refractivity contribution in [3.8, 4) is 45.3 Å². The van der Waals surface area contributed by atoms with Crippen LogP contribution in [0.25, 0.3) is 22.3 Å². The summed E-state index contributed by atoms with van der Waals surface area (Å²) in [6.07, 6.45) is 0. The predicted octanol–water partition coefficient (Wildman–Crippen LogP) is 2.65. The molecule has 0 amide bonds. The fourth-order valence-electron chi connectivity index (χ4n) is 2.98. The number of rotatable bonds is 6. The Morgan fingerprint density at radius 2 is 1.23 bits per heavy atom. The first-order chi connectivity index (χ1) is 12.6. The van der Waals surface area contributed by atoms with Gasteiger partial charge in [0.15, 0.2) is 11.5 Å². The van der Waals surface area contributed by atoms with Crippen molar-refractivity contribution in [2.45, 2.75) is 0 Å². The van der Waals surface area contributed by atoms with E-state index in [2.05, 4.69) is 0 Å². The Morgan fingerprint density at radius 3 is 1.77 bits per heavy atom. The van der Waals surface area contributed by atoms with Gasteiger partial charge in [0, 0.05) is 16.7 Å². The van der Waals surface area contributed by atoms with E-state index >= 15 is 0 Å². The Labute approximate surface area is 150 Å². The molecule has 3 aromatic rings. The van der Waals surface area contributed by atoms with Gasteiger partial charge in [-0.15, -0.1) is 0 Å². The zero-order valence-corrected chi connectivity index (χ0v) is 14.9. The van der Waals surface area contributed by atoms with Gasteiger partial charge in [0.1, 0.15) is 5.75 Å². The average Bonchev–Trinajstić information content (AvgIpc) is 2.70. The molecule has 6 heteroatoms. The fraction of sp³-hybridized carbons (Fsp3) is 0.200. The summed E-state index contributed by atoms with van der Waals surface area (Å²) in [5.41, 5.74) is 0.701. The van der Waals surface area contributed by atoms with Crippen LogP contribution in [0.15, 0.2) is 46.0 Å². The van der Waals surface area contributed by atoms with Crippen LogP contribution in [0.2, 0.25) is 0 Å². The smallest absolute Gasteiger partial charge is 0.235 e. The summed E-state index contributed by atoms with van der Waals surface area (Å²) < 4.78 is 21.2. The zero-order valence-electron chi connectivity index (χ0n) is 14.9. The van der Waals surface area contributed by atoms with Crippen LogP contribution in [0.5, 0.6) is 23.0 Å². The topological polar surface area (TPSA) is 71.1 Å². The Bertz CT molecular complexity index is 1010. The molecule has 0 spiro atoms. The second kappa shape index (κ2) is 6.92. The minimum absolute atomic E-state index is 0.304. The van der Waals surface area contributed by atoms with Crippen LogP contribution in [0.1, 0.15) is 0 Å². The molecule has 0 fully saturated rings. The maximum atomic E-state index is 12.3. The van der Waals surface area contributed by atoms with Gasteiger partial charge in [0.05, 0.1) is 28.4 Å². The van der Waals surface area contributed by atoms with Crippen molar-refractivity contribution in [3.63, 3.8) is 0 Å². The first-order valence-corrected chi connectivity index (χ1v) is 7.84. The van der Waals surface area contributed by atoms with Gasteiger partial charge in [-0.25, -0.2) is 0 Å². The number of hydrogen-bond donors (Lipinski definition) is 0. The van der Waals surface area contributed by atoms with Crippen LogP contribution < -0.4 is 29.8 Å². The van der Waals surface area contributed by atoms with Gasteiger partial charge in [0.25, 0.3) is 0 Å². The highest BCUT2D eigenvalue weighted by atomic mass is 16.5. The van der Waals surface area contributed by atoms with Crippen molar-refractivity contribution < 1.29 is 18.9 Å². The summed E-state index contributed by atoms with van der Waals surface area (Å²) in [6.45, 7) is 0. The third kappa shape index (κ3) is 2.60. The molecule has 0 aromatic heterocycles. The van der Waals surface area contributed by atoms with Crippen LogP contribution >= 0.6 is 0 Å². The van der Waals surface area contributed by atoms with E-state index in [1.165, 1.54) is 21.3 Å². The van der Waals surface area contributed by atoms with Gasteiger partial charge < -0.3 is 18.9 Å². The van der Waals surface area contributed by atoms with E-state index in [0.717, 1.165) is 0 Å². The first-order valence-electron chi connectivity index (χ1n) is 7.84. The molecule has 3 aromatic carbocycles. The Kier molecular flexibility index (Phi) is 4.67. The van der Waals surface area contributed by atoms with E-state index in [1.807, 2.05) is 0 Å². The number of ether oxygens (including phenoxy) is 4. The lowest BCUT2D eigenvalue weighted by molar-refractivity contribution is 0.325. The van der Waals surface area contributed by atoms with Crippen LogP contribution in [0.4, 0.5) is 0 Å². The second-order valence-electron chi connectivity index (χ2n) is 5.52. The maximum Gasteiger partial charge on any atom is 0.235 e. The lowest BCUT2D eigenvalue weighted by Gasteiger charge is -2.18. The standard InChI is InChI=1S/C20H18O6/c1-23-12-7-5-11(6-8-12)15-16(18(22)17(15)21)13-9-10-14(24-2)20(26-4)19(13)25-3/h5-10H,1-4H3. The molecule has 134 valence electrons. The third-order valence-electron chi connectivity index (χ3n) is 4.26. The molecule has 0 aliphatic heterocycles. The highest BCUT2D eigenvalue weighted by molar-refractivity contribution is 5.91. The molecule has 0 aliphatic carbocycles. The van der Waals surface area contributed by atoms with Gasteiger partial charge in [-0.1, -0.05) is 12.1 Å². The molecule has 26 heavy (non-hydrogen) atoms. The SMILES string of the molecule is COc1ccc(-c2c(-c3ccc(OC)c(OC)c3OC)c(=O)c2=O)cc1. The summed E-state index contributed by atoms with van der Waals surface area (Å²) in [6, 6.07) is 10.3. The molecule has 6 nitrogen and oxygen atoms in total. The lowest BCUT2D eigenvalue weighted by atomic mass is 9.88. The van der Waals surface area contributed by atoms with Crippen molar-refractivity contribution in [2.75, 3.05) is 28.4 Å². The van der Waals surface area contributed by atoms with Crippen molar-refractivity contribution in [1.82, 2.24) is 0 Å². The summed E-state index contributed by atoms with van der Waals surface area (Å²) in [4.78, 5) is 24.6. The minimum Gasteiger partial charge on any atom is -0.497 e. The van der Waals surface area contributed by atoms with Gasteiger partial charge in [-0.05, 0) is 29.8 Å². The van der Waals surface area contributed by atoms with E-state index in [-0.39, 0.29) is 0 Å². The third-order valence-corrected chi connectivity index (χ3v) is 4.26. The van der Waals surface area contributed by atoms with E-state index in [1.54, 1.807) is 43.5 Å². The highest BCUT2D eigenvalue weighted by Gasteiger charge is 2.28. The largest absolute Gasteiger partial charge is 0.497 e. The molecule has 0 heterocycles. The molecular formula is C20H18O6. The molecular weight excluding hydrogens is 336 g/mol. The van der Waals surface area contributed by atoms with Gasteiger partial charge in [0.2, 0.25) is 16.6 Å². The second-order valence-corrected chi connectivity index (χ2v) is 5.52. The van der Waals surface area contributed by atoms with Crippen LogP contribution in [-0.4, -0.2) is 28.4 Å². The van der Waals surface area contributed by atoms with E-state index in [4.69, 9.17) is 18.9 Å². The molecule has 0 saturated carbocycles. The van der Waals surface area contributed by atoms with Crippen LogP contribution in [0, 0.1) is 0 Å². The van der Waals surface area contributed by atoms with Crippen LogP contribution in [-0.2, 0) is 0 Å². The maximum absolute atomic E-state index is 12.3. The number of benzene rings is 2. The average molecular weight is 354 g/mol. The fourth-order valence-corrected chi connectivity index (χ4v) is 2.98. The Morgan fingerprint density at radius 1 is 0.615 bits per heavy atom. The molecule has 0 bridgehead atoms. The first kappa shape index (κ1) is 17.5. The van der Waals surface area contributed by atoms with Crippen LogP contribution in [0.3, 0.4) is 0 Å². The summed E-state index contributed by atoms with van der Waals surface area (Å²) >= 11 is 0. The predicted molar refractivity (Wildman–Crippen MR) is 98.4 cm³/mol. The van der Waals surface area contributed by atoms with E-state index in [0.29, 0.717) is 45.3 Å². The molecule has 0 unspecified atom stereocenters. The monoisotopic (exact) mass is 354 g/mol. The number of methoxy groups -OCH3 is 4.